The zero-order valence-corrected chi connectivity index (χ0v) is 25.0. The van der Waals surface area contributed by atoms with Crippen LogP contribution in [0, 0.1) is 0 Å². The van der Waals surface area contributed by atoms with Crippen LogP contribution >= 0.6 is 22.1 Å². The number of halogens is 3. The molecule has 0 atom stereocenters. The first-order valence-electron chi connectivity index (χ1n) is 13.3. The van der Waals surface area contributed by atoms with Crippen LogP contribution in [0.15, 0.2) is 159 Å². The fraction of sp³-hybridized carbons (Fsp3) is 0.0588. The van der Waals surface area contributed by atoms with Gasteiger partial charge in [-0.05, 0) is 92.0 Å². The predicted molar refractivity (Wildman–Crippen MR) is 169 cm³/mol. The second kappa shape index (κ2) is 11.7. The second-order valence-electron chi connectivity index (χ2n) is 9.71. The predicted octanol–water partition coefficient (Wildman–Crippen LogP) is 10.3. The van der Waals surface area contributed by atoms with Gasteiger partial charge in [-0.15, -0.1) is 11.8 Å². The van der Waals surface area contributed by atoms with Crippen molar-refractivity contribution >= 4 is 53.7 Å². The number of fused-ring (bicyclic) bond motifs is 2. The summed E-state index contributed by atoms with van der Waals surface area (Å²) < 4.78 is 71.8. The molecule has 0 aliphatic rings. The van der Waals surface area contributed by atoms with Crippen LogP contribution < -0.4 is 0 Å². The van der Waals surface area contributed by atoms with Crippen LogP contribution in [0.2, 0.25) is 0 Å². The van der Waals surface area contributed by atoms with Gasteiger partial charge in [0.05, 0.1) is 0 Å². The van der Waals surface area contributed by atoms with Crippen LogP contribution in [0.4, 0.5) is 13.2 Å². The van der Waals surface area contributed by atoms with Crippen molar-refractivity contribution < 1.29 is 25.2 Å². The van der Waals surface area contributed by atoms with Gasteiger partial charge in [-0.2, -0.15) is 25.2 Å². The average molecular weight is 635 g/mol. The van der Waals surface area contributed by atoms with Crippen molar-refractivity contribution in [2.24, 2.45) is 0 Å². The highest BCUT2D eigenvalue weighted by molar-refractivity contribution is 8.33. The molecule has 43 heavy (non-hydrogen) atoms. The molecule has 3 nitrogen and oxygen atoms in total. The van der Waals surface area contributed by atoms with Gasteiger partial charge in [0.15, 0.2) is 0 Å². The van der Waals surface area contributed by atoms with Crippen LogP contribution in [-0.2, 0) is 19.5 Å². The van der Waals surface area contributed by atoms with E-state index in [1.54, 1.807) is 84.6 Å². The van der Waals surface area contributed by atoms with E-state index in [2.05, 4.69) is 30.3 Å². The fourth-order valence-electron chi connectivity index (χ4n) is 5.07. The molecule has 0 unspecified atom stereocenters. The van der Waals surface area contributed by atoms with Crippen molar-refractivity contribution in [3.8, 4) is 0 Å². The molecule has 0 aromatic heterocycles. The summed E-state index contributed by atoms with van der Waals surface area (Å²) in [6, 6.07) is 42.1. The maximum absolute atomic E-state index is 13.8. The molecular formula is C34H25F3O3S3. The van der Waals surface area contributed by atoms with E-state index < -0.39 is 25.9 Å². The summed E-state index contributed by atoms with van der Waals surface area (Å²) in [6.45, 7) is 0. The molecule has 0 radical (unpaired) electrons. The van der Waals surface area contributed by atoms with Crippen molar-refractivity contribution in [3.05, 3.63) is 145 Å². The summed E-state index contributed by atoms with van der Waals surface area (Å²) in [5.74, 6) is 0.662. The molecule has 6 aromatic carbocycles. The molecule has 0 saturated heterocycles. The number of thioether (sulfide) groups is 1. The average Bonchev–Trinajstić information content (AvgIpc) is 3.02. The third-order valence-electron chi connectivity index (χ3n) is 7.05. The van der Waals surface area contributed by atoms with Crippen molar-refractivity contribution in [2.45, 2.75) is 30.8 Å². The van der Waals surface area contributed by atoms with E-state index in [0.717, 1.165) is 26.4 Å². The lowest BCUT2D eigenvalue weighted by Gasteiger charge is -2.39. The molecule has 0 heterocycles. The number of rotatable bonds is 8. The van der Waals surface area contributed by atoms with Crippen molar-refractivity contribution in [3.63, 3.8) is 0 Å². The number of hydrogen-bond donors (Lipinski definition) is 0. The third-order valence-corrected chi connectivity index (χ3v) is 13.0. The monoisotopic (exact) mass is 634 g/mol. The molecule has 6 rings (SSSR count). The summed E-state index contributed by atoms with van der Waals surface area (Å²) in [5.41, 5.74) is -4.40. The molecule has 9 heteroatoms. The van der Waals surface area contributed by atoms with Gasteiger partial charge in [-0.3, -0.25) is 0 Å². The highest BCUT2D eigenvalue weighted by Crippen LogP contribution is 2.70. The minimum atomic E-state index is -5.97. The van der Waals surface area contributed by atoms with E-state index in [1.807, 2.05) is 36.4 Å². The molecule has 0 bridgehead atoms. The maximum atomic E-state index is 13.8. The minimum absolute atomic E-state index is 0.330. The van der Waals surface area contributed by atoms with Gasteiger partial charge in [-0.25, -0.2) is 0 Å². The van der Waals surface area contributed by atoms with Crippen molar-refractivity contribution in [1.29, 1.82) is 0 Å². The lowest BCUT2D eigenvalue weighted by Crippen LogP contribution is -2.27. The summed E-state index contributed by atoms with van der Waals surface area (Å²) in [4.78, 5) is 1.87. The van der Waals surface area contributed by atoms with E-state index in [9.17, 15) is 21.6 Å². The van der Waals surface area contributed by atoms with Gasteiger partial charge in [0.2, 0.25) is 0 Å². The largest absolute Gasteiger partial charge is 0.524 e. The van der Waals surface area contributed by atoms with Crippen LogP contribution in [0.1, 0.15) is 5.56 Å². The van der Waals surface area contributed by atoms with E-state index in [4.69, 9.17) is 3.63 Å². The molecule has 0 N–H and O–H groups in total. The Morgan fingerprint density at radius 2 is 1.02 bits per heavy atom. The fourth-order valence-corrected chi connectivity index (χ4v) is 10.8. The maximum Gasteiger partial charge on any atom is 0.524 e. The van der Waals surface area contributed by atoms with Crippen LogP contribution in [-0.4, -0.2) is 13.9 Å². The standard InChI is InChI=1S/C34H25F3O3S3/c35-34(36,37)43(38,39)40-42(28-13-3-1-4-14-28,29-15-5-2-6-16-29)30-21-19-27(20-22-30)41-24-33-31-17-9-7-11-25(31)23-26-12-8-10-18-32(26)33/h1-23H,24H2. The quantitative estimate of drug-likeness (QED) is 0.0949. The van der Waals surface area contributed by atoms with Crippen LogP contribution in [0.5, 0.6) is 0 Å². The Labute approximate surface area is 254 Å². The Kier molecular flexibility index (Phi) is 8.00. The van der Waals surface area contributed by atoms with E-state index in [0.29, 0.717) is 20.4 Å². The molecular weight excluding hydrogens is 610 g/mol. The smallest absolute Gasteiger partial charge is 0.200 e. The zero-order chi connectivity index (χ0) is 30.1. The van der Waals surface area contributed by atoms with E-state index >= 15 is 0 Å². The number of alkyl halides is 3. The molecule has 0 amide bonds. The third kappa shape index (κ3) is 5.65. The van der Waals surface area contributed by atoms with E-state index in [1.165, 1.54) is 5.56 Å². The first-order chi connectivity index (χ1) is 20.7. The Morgan fingerprint density at radius 3 is 1.51 bits per heavy atom. The molecule has 6 aromatic rings. The van der Waals surface area contributed by atoms with Crippen molar-refractivity contribution in [2.75, 3.05) is 0 Å². The highest BCUT2D eigenvalue weighted by atomic mass is 32.3. The van der Waals surface area contributed by atoms with Gasteiger partial charge >= 0.3 is 15.6 Å². The normalized spacial score (nSPS) is 12.9. The molecule has 218 valence electrons. The van der Waals surface area contributed by atoms with Gasteiger partial charge in [0, 0.05) is 25.3 Å². The van der Waals surface area contributed by atoms with Gasteiger partial charge in [0.1, 0.15) is 0 Å². The Hall–Kier alpha value is -3.76. The summed E-state index contributed by atoms with van der Waals surface area (Å²) >= 11 is 1.60. The molecule has 0 saturated carbocycles. The zero-order valence-electron chi connectivity index (χ0n) is 22.6. The number of benzene rings is 6. The SMILES string of the molecule is O=S(=O)(OS(c1ccccc1)(c1ccccc1)c1ccc(SCc2c3ccccc3cc3ccccc23)cc1)C(F)(F)F. The first kappa shape index (κ1) is 29.3. The lowest BCUT2D eigenvalue weighted by molar-refractivity contribution is -0.0496. The first-order valence-corrected chi connectivity index (χ1v) is 17.2. The summed E-state index contributed by atoms with van der Waals surface area (Å²) in [6.07, 6.45) is 0. The molecule has 0 aliphatic heterocycles. The van der Waals surface area contributed by atoms with Crippen molar-refractivity contribution in [1.82, 2.24) is 0 Å². The lowest BCUT2D eigenvalue weighted by atomic mass is 9.98. The van der Waals surface area contributed by atoms with Crippen LogP contribution in [0.3, 0.4) is 0 Å². The second-order valence-corrected chi connectivity index (χ2v) is 15.2. The minimum Gasteiger partial charge on any atom is -0.200 e. The van der Waals surface area contributed by atoms with Gasteiger partial charge in [0.25, 0.3) is 0 Å². The topological polar surface area (TPSA) is 43.4 Å². The Balaban J connectivity index is 1.42. The number of hydrogen-bond acceptors (Lipinski definition) is 4. The molecule has 0 aliphatic carbocycles. The molecule has 0 fully saturated rings. The summed E-state index contributed by atoms with van der Waals surface area (Å²) in [5, 5.41) is 4.61. The van der Waals surface area contributed by atoms with Gasteiger partial charge < -0.3 is 0 Å². The van der Waals surface area contributed by atoms with Crippen LogP contribution in [0.25, 0.3) is 21.5 Å². The summed E-state index contributed by atoms with van der Waals surface area (Å²) in [7, 11) is -9.30. The Morgan fingerprint density at radius 1 is 0.581 bits per heavy atom. The molecule has 0 spiro atoms. The Bertz CT molecular complexity index is 1900. The van der Waals surface area contributed by atoms with Gasteiger partial charge in [-0.1, -0.05) is 84.9 Å². The highest BCUT2D eigenvalue weighted by Gasteiger charge is 2.52. The van der Waals surface area contributed by atoms with E-state index in [-0.39, 0.29) is 0 Å².